The number of H-pyrrole nitrogens is 1. The smallest absolute Gasteiger partial charge is 0.204 e. The van der Waals surface area contributed by atoms with Crippen LogP contribution in [-0.2, 0) is 16.0 Å². The van der Waals surface area contributed by atoms with E-state index in [1.165, 1.54) is 0 Å². The Morgan fingerprint density at radius 2 is 1.83 bits per heavy atom. The Bertz CT molecular complexity index is 602. The number of carbonyl (C=O) groups excluding carboxylic acids is 2. The Balaban J connectivity index is 2.25. The monoisotopic (exact) mass is 243 g/mol. The zero-order valence-corrected chi connectivity index (χ0v) is 10.9. The molecule has 94 valence electrons. The molecular weight excluding hydrogens is 226 g/mol. The first kappa shape index (κ1) is 12.6. The van der Waals surface area contributed by atoms with Crippen molar-refractivity contribution in [2.24, 2.45) is 5.41 Å². The number of carbonyl (C=O) groups is 2. The lowest BCUT2D eigenvalue weighted by molar-refractivity contribution is -0.140. The van der Waals surface area contributed by atoms with E-state index in [0.717, 1.165) is 16.5 Å². The molecule has 1 aromatic heterocycles. The summed E-state index contributed by atoms with van der Waals surface area (Å²) in [5.74, 6) is -0.639. The molecule has 1 N–H and O–H groups in total. The van der Waals surface area contributed by atoms with Crippen LogP contribution in [0, 0.1) is 5.41 Å². The summed E-state index contributed by atoms with van der Waals surface area (Å²) in [5, 5.41) is 1.01. The Morgan fingerprint density at radius 3 is 2.50 bits per heavy atom. The number of aromatic nitrogens is 1. The third-order valence-electron chi connectivity index (χ3n) is 2.96. The molecule has 3 heteroatoms. The molecule has 0 unspecified atom stereocenters. The first-order valence-corrected chi connectivity index (χ1v) is 6.02. The number of rotatable bonds is 3. The number of hydrogen-bond donors (Lipinski definition) is 1. The molecule has 3 nitrogen and oxygen atoms in total. The molecule has 0 amide bonds. The van der Waals surface area contributed by atoms with Gasteiger partial charge in [0.25, 0.3) is 0 Å². The van der Waals surface area contributed by atoms with E-state index in [0.29, 0.717) is 0 Å². The van der Waals surface area contributed by atoms with Crippen molar-refractivity contribution in [1.82, 2.24) is 4.98 Å². The van der Waals surface area contributed by atoms with E-state index < -0.39 is 5.41 Å². The van der Waals surface area contributed by atoms with Crippen molar-refractivity contribution in [2.45, 2.75) is 27.2 Å². The van der Waals surface area contributed by atoms with Crippen molar-refractivity contribution in [3.63, 3.8) is 0 Å². The maximum Gasteiger partial charge on any atom is 0.204 e. The maximum absolute atomic E-state index is 11.9. The zero-order valence-electron chi connectivity index (χ0n) is 10.9. The molecule has 0 saturated heterocycles. The van der Waals surface area contributed by atoms with Crippen LogP contribution in [0.5, 0.6) is 0 Å². The normalized spacial score (nSPS) is 11.7. The number of Topliss-reactive ketones (excluding diaryl/α,β-unsaturated/α-hetero) is 2. The van der Waals surface area contributed by atoms with E-state index in [1.807, 2.05) is 24.3 Å². The lowest BCUT2D eigenvalue weighted by Crippen LogP contribution is -2.29. The van der Waals surface area contributed by atoms with Gasteiger partial charge in [-0.2, -0.15) is 0 Å². The van der Waals surface area contributed by atoms with Crippen molar-refractivity contribution in [3.05, 3.63) is 36.0 Å². The summed E-state index contributed by atoms with van der Waals surface area (Å²) in [6.45, 7) is 5.30. The van der Waals surface area contributed by atoms with Gasteiger partial charge in [0.05, 0.1) is 0 Å². The van der Waals surface area contributed by atoms with Crippen LogP contribution in [0.1, 0.15) is 26.3 Å². The van der Waals surface area contributed by atoms with Gasteiger partial charge in [-0.3, -0.25) is 9.59 Å². The van der Waals surface area contributed by atoms with Crippen LogP contribution in [0.15, 0.2) is 30.5 Å². The number of benzene rings is 1. The SMILES string of the molecule is CC(C)(C)C(=O)C(=O)Cc1c[nH]c2ccccc12. The van der Waals surface area contributed by atoms with Gasteiger partial charge in [-0.1, -0.05) is 39.0 Å². The fourth-order valence-corrected chi connectivity index (χ4v) is 1.95. The predicted octanol–water partition coefficient (Wildman–Crippen LogP) is 2.89. The second kappa shape index (κ2) is 4.41. The van der Waals surface area contributed by atoms with Crippen molar-refractivity contribution in [1.29, 1.82) is 0 Å². The number of nitrogens with one attached hydrogen (secondary N) is 1. The first-order chi connectivity index (χ1) is 8.39. The summed E-state index contributed by atoms with van der Waals surface area (Å²) in [6.07, 6.45) is 1.97. The van der Waals surface area contributed by atoms with Gasteiger partial charge in [0.2, 0.25) is 11.6 Å². The third kappa shape index (κ3) is 2.35. The minimum atomic E-state index is -0.608. The Morgan fingerprint density at radius 1 is 1.17 bits per heavy atom. The van der Waals surface area contributed by atoms with E-state index in [1.54, 1.807) is 27.0 Å². The van der Waals surface area contributed by atoms with Gasteiger partial charge in [-0.25, -0.2) is 0 Å². The fraction of sp³-hybridized carbons (Fsp3) is 0.333. The van der Waals surface area contributed by atoms with Gasteiger partial charge in [0.1, 0.15) is 0 Å². The summed E-state index contributed by atoms with van der Waals surface area (Å²) in [4.78, 5) is 26.9. The molecule has 0 radical (unpaired) electrons. The highest BCUT2D eigenvalue weighted by Crippen LogP contribution is 2.21. The standard InChI is InChI=1S/C15H17NO2/c1-15(2,3)14(18)13(17)8-10-9-16-12-7-5-4-6-11(10)12/h4-7,9,16H,8H2,1-3H3. The Hall–Kier alpha value is -1.90. The molecule has 1 aromatic carbocycles. The molecule has 0 saturated carbocycles. The van der Waals surface area contributed by atoms with Crippen molar-refractivity contribution < 1.29 is 9.59 Å². The second-order valence-electron chi connectivity index (χ2n) is 5.54. The van der Waals surface area contributed by atoms with E-state index >= 15 is 0 Å². The average Bonchev–Trinajstić information content (AvgIpc) is 2.70. The highest BCUT2D eigenvalue weighted by molar-refractivity contribution is 6.39. The van der Waals surface area contributed by atoms with Crippen LogP contribution in [0.2, 0.25) is 0 Å². The Labute approximate surface area is 106 Å². The lowest BCUT2D eigenvalue weighted by atomic mass is 9.86. The minimum absolute atomic E-state index is 0.167. The quantitative estimate of drug-likeness (QED) is 0.843. The summed E-state index contributed by atoms with van der Waals surface area (Å²) in [6, 6.07) is 7.77. The lowest BCUT2D eigenvalue weighted by Gasteiger charge is -2.14. The molecule has 0 fully saturated rings. The molecule has 0 aliphatic rings. The largest absolute Gasteiger partial charge is 0.361 e. The number of ketones is 2. The zero-order chi connectivity index (χ0) is 13.3. The molecule has 0 aliphatic carbocycles. The van der Waals surface area contributed by atoms with Gasteiger partial charge in [0.15, 0.2) is 0 Å². The molecule has 18 heavy (non-hydrogen) atoms. The fourth-order valence-electron chi connectivity index (χ4n) is 1.95. The summed E-state index contributed by atoms with van der Waals surface area (Å²) in [7, 11) is 0. The van der Waals surface area contributed by atoms with Gasteiger partial charge in [-0.05, 0) is 11.6 Å². The Kier molecular flexibility index (Phi) is 3.07. The summed E-state index contributed by atoms with van der Waals surface area (Å²) < 4.78 is 0. The predicted molar refractivity (Wildman–Crippen MR) is 71.5 cm³/mol. The van der Waals surface area contributed by atoms with Gasteiger partial charge < -0.3 is 4.98 Å². The van der Waals surface area contributed by atoms with Crippen molar-refractivity contribution in [2.75, 3.05) is 0 Å². The van der Waals surface area contributed by atoms with E-state index in [9.17, 15) is 9.59 Å². The molecule has 2 aromatic rings. The number of aromatic amines is 1. The first-order valence-electron chi connectivity index (χ1n) is 6.02. The van der Waals surface area contributed by atoms with Crippen molar-refractivity contribution in [3.8, 4) is 0 Å². The molecule has 0 spiro atoms. The minimum Gasteiger partial charge on any atom is -0.361 e. The molecular formula is C15H17NO2. The van der Waals surface area contributed by atoms with Crippen LogP contribution >= 0.6 is 0 Å². The molecule has 2 rings (SSSR count). The highest BCUT2D eigenvalue weighted by atomic mass is 16.2. The van der Waals surface area contributed by atoms with Gasteiger partial charge in [0, 0.05) is 28.9 Å². The van der Waals surface area contributed by atoms with E-state index in [4.69, 9.17) is 0 Å². The van der Waals surface area contributed by atoms with E-state index in [2.05, 4.69) is 4.98 Å². The molecule has 0 bridgehead atoms. The number of hydrogen-bond acceptors (Lipinski definition) is 2. The highest BCUT2D eigenvalue weighted by Gasteiger charge is 2.28. The van der Waals surface area contributed by atoms with E-state index in [-0.39, 0.29) is 18.0 Å². The van der Waals surface area contributed by atoms with Gasteiger partial charge in [-0.15, -0.1) is 0 Å². The number of para-hydroxylation sites is 1. The topological polar surface area (TPSA) is 49.9 Å². The van der Waals surface area contributed by atoms with Gasteiger partial charge >= 0.3 is 0 Å². The van der Waals surface area contributed by atoms with Crippen LogP contribution in [0.3, 0.4) is 0 Å². The van der Waals surface area contributed by atoms with Crippen LogP contribution in [-0.4, -0.2) is 16.6 Å². The molecule has 1 heterocycles. The van der Waals surface area contributed by atoms with Crippen molar-refractivity contribution >= 4 is 22.5 Å². The summed E-state index contributed by atoms with van der Waals surface area (Å²) >= 11 is 0. The maximum atomic E-state index is 11.9. The van der Waals surface area contributed by atoms with Crippen LogP contribution < -0.4 is 0 Å². The number of fused-ring (bicyclic) bond motifs is 1. The van der Waals surface area contributed by atoms with Crippen LogP contribution in [0.4, 0.5) is 0 Å². The third-order valence-corrected chi connectivity index (χ3v) is 2.96. The molecule has 0 aliphatic heterocycles. The second-order valence-corrected chi connectivity index (χ2v) is 5.54. The average molecular weight is 243 g/mol. The molecule has 0 atom stereocenters. The van der Waals surface area contributed by atoms with Crippen LogP contribution in [0.25, 0.3) is 10.9 Å². The summed E-state index contributed by atoms with van der Waals surface area (Å²) in [5.41, 5.74) is 1.26.